The Morgan fingerprint density at radius 2 is 1.46 bits per heavy atom. The maximum atomic E-state index is 13.6. The number of aliphatic hydroxyl groups is 3. The number of nitrogens with zero attached hydrogens (tertiary/aromatic N) is 8. The fourth-order valence-corrected chi connectivity index (χ4v) is 13.3. The van der Waals surface area contributed by atoms with Crippen molar-refractivity contribution in [1.82, 2.24) is 43.6 Å². The molecule has 0 bridgehead atoms. The van der Waals surface area contributed by atoms with Crippen LogP contribution in [0.2, 0.25) is 0 Å². The number of hydrogen-bond donors (Lipinski definition) is 11. The van der Waals surface area contributed by atoms with Crippen LogP contribution in [0.3, 0.4) is 0 Å². The number of nitrogen functional groups attached to an aromatic ring is 1. The number of aliphatic hydroxyl groups excluding tert-OH is 3. The van der Waals surface area contributed by atoms with Crippen molar-refractivity contribution in [2.24, 2.45) is 13.0 Å². The fraction of sp³-hybridized carbons (Fsp3) is 0.622. The maximum absolute atomic E-state index is 13.6. The van der Waals surface area contributed by atoms with E-state index in [1.165, 1.54) is 27.1 Å². The van der Waals surface area contributed by atoms with Crippen LogP contribution in [-0.2, 0) is 75.7 Å². The molecule has 3 fully saturated rings. The number of phosphoric ester groups is 3. The van der Waals surface area contributed by atoms with E-state index < -0.39 is 141 Å². The van der Waals surface area contributed by atoms with Gasteiger partial charge in [-0.05, 0) is 20.3 Å². The number of ether oxygens (including phenoxy) is 5. The topological polar surface area (TPSA) is 502 Å². The van der Waals surface area contributed by atoms with Crippen molar-refractivity contribution < 1.29 is 108 Å². The van der Waals surface area contributed by atoms with Gasteiger partial charge in [0.1, 0.15) is 54.6 Å². The summed E-state index contributed by atoms with van der Waals surface area (Å²) in [5.41, 5.74) is 3.85. The molecular weight excluding hydrogens is 1140 g/mol. The molecule has 37 nitrogen and oxygen atoms in total. The quantitative estimate of drug-likeness (QED) is 0.0228. The molecule has 3 saturated heterocycles. The van der Waals surface area contributed by atoms with Gasteiger partial charge in [-0.1, -0.05) is 4.98 Å². The lowest BCUT2D eigenvalue weighted by Crippen LogP contribution is -2.45. The Labute approximate surface area is 437 Å². The summed E-state index contributed by atoms with van der Waals surface area (Å²) in [7, 11) is -19.4. The molecule has 8 rings (SSSR count). The van der Waals surface area contributed by atoms with Crippen LogP contribution in [-0.4, -0.2) is 174 Å². The first kappa shape index (κ1) is 59.5. The Bertz CT molecular complexity index is 3360. The van der Waals surface area contributed by atoms with Crippen LogP contribution in [0.5, 0.6) is 0 Å². The van der Waals surface area contributed by atoms with E-state index in [-0.39, 0.29) is 53.2 Å². The zero-order valence-corrected chi connectivity index (χ0v) is 44.9. The van der Waals surface area contributed by atoms with Crippen LogP contribution < -0.4 is 32.4 Å². The normalized spacial score (nSPS) is 29.7. The van der Waals surface area contributed by atoms with Gasteiger partial charge in [0.25, 0.3) is 17.1 Å². The van der Waals surface area contributed by atoms with Gasteiger partial charge in [0, 0.05) is 45.0 Å². The number of anilines is 2. The summed E-state index contributed by atoms with van der Waals surface area (Å²) in [5, 5.41) is 35.8. The summed E-state index contributed by atoms with van der Waals surface area (Å²) < 4.78 is 115. The first-order chi connectivity index (χ1) is 36.6. The standard InChI is InChI=1S/C37H54N12O25P4/c1-16(2)42-36-44-31-23(32(54)45-36)46(3)15-49(31)33-24(51)17(7-9-64-4)18(69-33)10-67-76(58,59)73-78(62,63)74-77(60,61)68-12-20-27(28(65-5)35(71-20)48-14-41-22-29(38)39-13-40-30(22)48)72-75(56,57)66-11-19-25(52)26(53)34(70-19)47-8-6-21(50)43-37(47)55/h6,8,13-20,24-28,33-35,51-53H,7,9-12H2,1-5H3,(H8-,38,39,40,42,43,44,45,50,54,55,56,57,58,59,60,61,62,63)/p+1/t17-,18-,19-,20-,24-,25-,26-,27-,28-,33-,34-,35-/m1/s1. The Morgan fingerprint density at radius 3 is 2.12 bits per heavy atom. The first-order valence-electron chi connectivity index (χ1n) is 23.0. The molecular formula is C37H55N12O25P4+. The van der Waals surface area contributed by atoms with Gasteiger partial charge in [0.05, 0.1) is 39.3 Å². The molecule has 0 spiro atoms. The van der Waals surface area contributed by atoms with E-state index in [0.29, 0.717) is 0 Å². The number of phosphoric acid groups is 4. The summed E-state index contributed by atoms with van der Waals surface area (Å²) in [6.07, 6.45) is -13.0. The molecule has 78 heavy (non-hydrogen) atoms. The first-order valence-corrected chi connectivity index (χ1v) is 29.0. The number of H-pyrrole nitrogens is 2. The summed E-state index contributed by atoms with van der Waals surface area (Å²) in [6, 6.07) is 0.787. The highest BCUT2D eigenvalue weighted by molar-refractivity contribution is 7.66. The smallest absolute Gasteiger partial charge is 0.387 e. The molecule has 0 amide bonds. The number of hydrogen-bond acceptors (Lipinski definition) is 27. The minimum atomic E-state index is -6.18. The van der Waals surface area contributed by atoms with Gasteiger partial charge in [0.2, 0.25) is 11.7 Å². The van der Waals surface area contributed by atoms with Crippen molar-refractivity contribution in [2.45, 2.75) is 93.8 Å². The Hall–Kier alpha value is -4.62. The van der Waals surface area contributed by atoms with Gasteiger partial charge in [-0.15, -0.1) is 0 Å². The number of methoxy groups -OCH3 is 2. The van der Waals surface area contributed by atoms with E-state index in [0.717, 1.165) is 36.6 Å². The van der Waals surface area contributed by atoms with Gasteiger partial charge in [-0.25, -0.2) is 42.6 Å². The second kappa shape index (κ2) is 23.5. The largest absolute Gasteiger partial charge is 0.490 e. The third-order valence-corrected chi connectivity index (χ3v) is 17.4. The molecule has 5 aromatic heterocycles. The molecule has 12 N–H and O–H groups in total. The van der Waals surface area contributed by atoms with Crippen LogP contribution >= 0.6 is 31.3 Å². The Kier molecular flexibility index (Phi) is 17.9. The predicted octanol–water partition coefficient (Wildman–Crippen LogP) is -2.35. The number of nitrogens with one attached hydrogen (secondary N) is 3. The molecule has 0 saturated carbocycles. The van der Waals surface area contributed by atoms with E-state index in [1.54, 1.807) is 7.05 Å². The highest BCUT2D eigenvalue weighted by atomic mass is 31.3. The average Bonchev–Trinajstić information content (AvgIpc) is 4.31. The van der Waals surface area contributed by atoms with E-state index in [4.69, 9.17) is 47.5 Å². The Balaban J connectivity index is 0.943. The van der Waals surface area contributed by atoms with Crippen molar-refractivity contribution >= 4 is 65.4 Å². The average molecular weight is 1190 g/mol. The van der Waals surface area contributed by atoms with Crippen molar-refractivity contribution in [3.05, 3.63) is 62.4 Å². The molecule has 5 aromatic rings. The number of aromatic amines is 2. The zero-order valence-electron chi connectivity index (χ0n) is 41.4. The number of rotatable bonds is 24. The zero-order chi connectivity index (χ0) is 56.8. The summed E-state index contributed by atoms with van der Waals surface area (Å²) in [6.45, 7) is 0.474. The molecule has 432 valence electrons. The van der Waals surface area contributed by atoms with E-state index in [9.17, 15) is 67.5 Å². The van der Waals surface area contributed by atoms with E-state index in [2.05, 4.69) is 38.9 Å². The van der Waals surface area contributed by atoms with Gasteiger partial charge >= 0.3 is 42.6 Å². The summed E-state index contributed by atoms with van der Waals surface area (Å²) >= 11 is 0. The van der Waals surface area contributed by atoms with Crippen molar-refractivity contribution in [3.8, 4) is 0 Å². The minimum absolute atomic E-state index is 0.0127. The monoisotopic (exact) mass is 1190 g/mol. The number of nitrogens with two attached hydrogens (primary N) is 1. The lowest BCUT2D eigenvalue weighted by molar-refractivity contribution is -0.745. The van der Waals surface area contributed by atoms with Crippen molar-refractivity contribution in [3.63, 3.8) is 0 Å². The number of aromatic nitrogens is 10. The molecule has 3 aliphatic rings. The van der Waals surface area contributed by atoms with Gasteiger partial charge < -0.3 is 69.6 Å². The van der Waals surface area contributed by atoms with Crippen LogP contribution in [0.1, 0.15) is 39.0 Å². The van der Waals surface area contributed by atoms with Crippen molar-refractivity contribution in [1.29, 1.82) is 0 Å². The molecule has 0 aromatic carbocycles. The van der Waals surface area contributed by atoms with E-state index in [1.807, 2.05) is 18.8 Å². The second-order valence-electron chi connectivity index (χ2n) is 17.9. The summed E-state index contributed by atoms with van der Waals surface area (Å²) in [4.78, 5) is 101. The lowest BCUT2D eigenvalue weighted by Gasteiger charge is -2.26. The molecule has 0 aliphatic carbocycles. The van der Waals surface area contributed by atoms with Gasteiger partial charge in [-0.3, -0.25) is 51.4 Å². The highest BCUT2D eigenvalue weighted by Gasteiger charge is 2.54. The van der Waals surface area contributed by atoms with Crippen LogP contribution in [0, 0.1) is 5.92 Å². The molecule has 3 aliphatic heterocycles. The number of imidazole rings is 2. The SMILES string of the molecule is COCC[C@H]1[C@@H](O)[C@H]([n+]2cn(C)c3c(=O)[nH]c(NC(C)C)nc32)O[C@@H]1COP(=O)(O)OP(=O)(O)OP(=O)(O)OC[C@H]1O[C@@H](n2cnc3c(N)ncnc32)[C@H](OC)[C@@H]1OP(=O)(O)OC[C@H]1O[C@@H](n2ccc(=O)[nH]c2=O)[C@H](O)[C@@H]1O. The molecule has 8 heterocycles. The third-order valence-electron chi connectivity index (χ3n) is 12.2. The molecule has 4 unspecified atom stereocenters. The van der Waals surface area contributed by atoms with Crippen LogP contribution in [0.4, 0.5) is 11.8 Å². The highest BCUT2D eigenvalue weighted by Crippen LogP contribution is 2.68. The number of aryl methyl sites for hydroxylation is 1. The van der Waals surface area contributed by atoms with Gasteiger partial charge in [-0.2, -0.15) is 8.62 Å². The second-order valence-corrected chi connectivity index (χ2v) is 24.0. The fourth-order valence-electron chi connectivity index (χ4n) is 8.81. The predicted molar refractivity (Wildman–Crippen MR) is 256 cm³/mol. The molecule has 16 atom stereocenters. The van der Waals surface area contributed by atoms with Crippen LogP contribution in [0.15, 0.2) is 45.6 Å². The van der Waals surface area contributed by atoms with Crippen LogP contribution in [0.25, 0.3) is 22.3 Å². The Morgan fingerprint density at radius 1 is 0.808 bits per heavy atom. The maximum Gasteiger partial charge on any atom is 0.490 e. The number of fused-ring (bicyclic) bond motifs is 2. The summed E-state index contributed by atoms with van der Waals surface area (Å²) in [5.74, 6) is -0.902. The lowest BCUT2D eigenvalue weighted by atomic mass is 9.95. The molecule has 0 radical (unpaired) electrons. The molecule has 41 heteroatoms. The van der Waals surface area contributed by atoms with Gasteiger partial charge in [0.15, 0.2) is 30.2 Å². The third kappa shape index (κ3) is 13.1. The minimum Gasteiger partial charge on any atom is -0.387 e. The van der Waals surface area contributed by atoms with Crippen molar-refractivity contribution in [2.75, 3.05) is 51.7 Å². The van der Waals surface area contributed by atoms with E-state index >= 15 is 0 Å².